The van der Waals surface area contributed by atoms with Gasteiger partial charge in [-0.2, -0.15) is 0 Å². The summed E-state index contributed by atoms with van der Waals surface area (Å²) in [5.74, 6) is -1.41. The van der Waals surface area contributed by atoms with Crippen molar-refractivity contribution in [3.63, 3.8) is 0 Å². The van der Waals surface area contributed by atoms with E-state index in [-0.39, 0.29) is 17.7 Å². The molecule has 10 heteroatoms. The molecule has 2 aromatic heterocycles. The number of imidazole rings is 1. The highest BCUT2D eigenvalue weighted by Crippen LogP contribution is 2.11. The summed E-state index contributed by atoms with van der Waals surface area (Å²) in [6.07, 6.45) is 1.49. The molecule has 0 bridgehead atoms. The van der Waals surface area contributed by atoms with Gasteiger partial charge in [0.2, 0.25) is 0 Å². The first-order valence-corrected chi connectivity index (χ1v) is 11.1. The Morgan fingerprint density at radius 3 is 2.51 bits per heavy atom. The van der Waals surface area contributed by atoms with Crippen LogP contribution in [0.4, 0.5) is 5.69 Å². The molecule has 0 atom stereocenters. The summed E-state index contributed by atoms with van der Waals surface area (Å²) in [5.41, 5.74) is 1.50. The molecule has 0 unspecified atom stereocenters. The summed E-state index contributed by atoms with van der Waals surface area (Å²) in [6.45, 7) is 3.19. The van der Waals surface area contributed by atoms with E-state index in [1.165, 1.54) is 10.9 Å². The number of carbonyl (C=O) groups excluding carboxylic acids is 2. The minimum absolute atomic E-state index is 0.172. The van der Waals surface area contributed by atoms with Crippen LogP contribution in [0.15, 0.2) is 70.5 Å². The lowest BCUT2D eigenvalue weighted by Gasteiger charge is -2.12. The van der Waals surface area contributed by atoms with Crippen LogP contribution >= 0.6 is 0 Å². The average molecular weight is 476 g/mol. The van der Waals surface area contributed by atoms with Crippen LogP contribution in [0.25, 0.3) is 11.2 Å². The molecule has 0 aliphatic carbocycles. The molecule has 0 radical (unpaired) electrons. The zero-order chi connectivity index (χ0) is 24.9. The van der Waals surface area contributed by atoms with Gasteiger partial charge in [0.1, 0.15) is 6.54 Å². The third-order valence-corrected chi connectivity index (χ3v) is 5.46. The Bertz CT molecular complexity index is 1500. The summed E-state index contributed by atoms with van der Waals surface area (Å²) in [5, 5.41) is 2.63. The second-order valence-electron chi connectivity index (χ2n) is 8.03. The summed E-state index contributed by atoms with van der Waals surface area (Å²) in [7, 11) is 0. The topological polar surface area (TPSA) is 117 Å². The molecule has 2 heterocycles. The molecule has 1 N–H and O–H groups in total. The van der Waals surface area contributed by atoms with Gasteiger partial charge in [-0.15, -0.1) is 0 Å². The Balaban J connectivity index is 1.57. The molecule has 1 amide bonds. The number of hydrogen-bond donors (Lipinski definition) is 1. The number of amides is 1. The summed E-state index contributed by atoms with van der Waals surface area (Å²) >= 11 is 0. The van der Waals surface area contributed by atoms with Crippen molar-refractivity contribution in [2.75, 3.05) is 11.9 Å². The number of rotatable bonds is 8. The lowest BCUT2D eigenvalue weighted by molar-refractivity contribution is -0.148. The zero-order valence-corrected chi connectivity index (χ0v) is 19.4. The number of esters is 1. The van der Waals surface area contributed by atoms with Gasteiger partial charge in [0.05, 0.1) is 12.9 Å². The molecule has 10 nitrogen and oxygen atoms in total. The predicted molar refractivity (Wildman–Crippen MR) is 130 cm³/mol. The lowest BCUT2D eigenvalue weighted by atomic mass is 10.2. The van der Waals surface area contributed by atoms with Crippen molar-refractivity contribution >= 4 is 28.7 Å². The van der Waals surface area contributed by atoms with Gasteiger partial charge in [-0.3, -0.25) is 19.0 Å². The normalized spacial score (nSPS) is 10.9. The molecule has 2 aromatic carbocycles. The van der Waals surface area contributed by atoms with Crippen LogP contribution in [0.5, 0.6) is 0 Å². The quantitative estimate of drug-likeness (QED) is 0.389. The Hall–Kier alpha value is -4.47. The zero-order valence-electron chi connectivity index (χ0n) is 19.4. The van der Waals surface area contributed by atoms with E-state index in [4.69, 9.17) is 4.74 Å². The predicted octanol–water partition coefficient (Wildman–Crippen LogP) is 1.92. The molecule has 180 valence electrons. The number of nitrogens with zero attached hydrogens (tertiary/aromatic N) is 4. The number of hydrogen-bond acceptors (Lipinski definition) is 6. The van der Waals surface area contributed by atoms with Crippen LogP contribution in [0.2, 0.25) is 0 Å². The van der Waals surface area contributed by atoms with Crippen molar-refractivity contribution in [3.8, 4) is 0 Å². The number of carbonyl (C=O) groups is 2. The standard InChI is InChI=1S/C25H25N5O5/c1-3-28-16-26-23-22(28)24(33)30(25(34)29(23)13-18-9-5-4-6-10-18)14-21(32)35-15-20(31)27-19-11-7-8-17(2)12-19/h4-12,16H,3,13-15H2,1-2H3,(H,27,31). The maximum absolute atomic E-state index is 13.2. The Labute approximate surface area is 200 Å². The van der Waals surface area contributed by atoms with Gasteiger partial charge in [0.25, 0.3) is 11.5 Å². The van der Waals surface area contributed by atoms with Crippen molar-refractivity contribution in [2.24, 2.45) is 0 Å². The number of anilines is 1. The van der Waals surface area contributed by atoms with E-state index < -0.39 is 36.3 Å². The third-order valence-electron chi connectivity index (χ3n) is 5.46. The highest BCUT2D eigenvalue weighted by atomic mass is 16.5. The maximum atomic E-state index is 13.2. The molecular formula is C25H25N5O5. The van der Waals surface area contributed by atoms with Gasteiger partial charge in [-0.1, -0.05) is 42.5 Å². The van der Waals surface area contributed by atoms with E-state index in [0.29, 0.717) is 12.2 Å². The molecule has 4 aromatic rings. The number of fused-ring (bicyclic) bond motifs is 1. The SMILES string of the molecule is CCn1cnc2c1c(=O)n(CC(=O)OCC(=O)Nc1cccc(C)c1)c(=O)n2Cc1ccccc1. The Morgan fingerprint density at radius 1 is 1.03 bits per heavy atom. The molecule has 0 saturated heterocycles. The highest BCUT2D eigenvalue weighted by Gasteiger charge is 2.20. The van der Waals surface area contributed by atoms with Crippen LogP contribution in [0.3, 0.4) is 0 Å². The number of aryl methyl sites for hydroxylation is 2. The summed E-state index contributed by atoms with van der Waals surface area (Å²) in [4.78, 5) is 55.3. The fraction of sp³-hybridized carbons (Fsp3) is 0.240. The summed E-state index contributed by atoms with van der Waals surface area (Å²) in [6, 6.07) is 16.4. The van der Waals surface area contributed by atoms with Gasteiger partial charge in [0.15, 0.2) is 17.8 Å². The van der Waals surface area contributed by atoms with Gasteiger partial charge in [0, 0.05) is 12.2 Å². The van der Waals surface area contributed by atoms with Crippen LogP contribution in [0, 0.1) is 6.92 Å². The van der Waals surface area contributed by atoms with E-state index in [0.717, 1.165) is 15.7 Å². The van der Waals surface area contributed by atoms with Crippen LogP contribution in [0.1, 0.15) is 18.1 Å². The summed E-state index contributed by atoms with van der Waals surface area (Å²) < 4.78 is 8.84. The molecule has 0 aliphatic rings. The first kappa shape index (κ1) is 23.7. The Kier molecular flexibility index (Phi) is 6.91. The first-order chi connectivity index (χ1) is 16.9. The first-order valence-electron chi connectivity index (χ1n) is 11.1. The minimum atomic E-state index is -0.878. The largest absolute Gasteiger partial charge is 0.454 e. The van der Waals surface area contributed by atoms with Crippen LogP contribution in [-0.2, 0) is 34.0 Å². The van der Waals surface area contributed by atoms with Gasteiger partial charge in [-0.05, 0) is 37.1 Å². The third kappa shape index (κ3) is 5.21. The number of benzene rings is 2. The maximum Gasteiger partial charge on any atom is 0.333 e. The van der Waals surface area contributed by atoms with Gasteiger partial charge in [-0.25, -0.2) is 14.3 Å². The van der Waals surface area contributed by atoms with Gasteiger partial charge < -0.3 is 14.6 Å². The van der Waals surface area contributed by atoms with Crippen molar-refractivity contribution in [1.29, 1.82) is 0 Å². The van der Waals surface area contributed by atoms with Crippen molar-refractivity contribution < 1.29 is 14.3 Å². The molecular weight excluding hydrogens is 450 g/mol. The van der Waals surface area contributed by atoms with Crippen LogP contribution < -0.4 is 16.6 Å². The van der Waals surface area contributed by atoms with E-state index in [2.05, 4.69) is 10.3 Å². The molecule has 0 saturated carbocycles. The molecule has 0 aliphatic heterocycles. The molecule has 35 heavy (non-hydrogen) atoms. The van der Waals surface area contributed by atoms with Crippen molar-refractivity contribution in [1.82, 2.24) is 18.7 Å². The molecule has 0 spiro atoms. The minimum Gasteiger partial charge on any atom is -0.454 e. The molecule has 0 fully saturated rings. The smallest absolute Gasteiger partial charge is 0.333 e. The van der Waals surface area contributed by atoms with E-state index >= 15 is 0 Å². The second-order valence-corrected chi connectivity index (χ2v) is 8.03. The fourth-order valence-corrected chi connectivity index (χ4v) is 3.77. The van der Waals surface area contributed by atoms with E-state index in [1.807, 2.05) is 50.2 Å². The molecule has 4 rings (SSSR count). The van der Waals surface area contributed by atoms with E-state index in [1.54, 1.807) is 22.8 Å². The van der Waals surface area contributed by atoms with Crippen LogP contribution in [-0.4, -0.2) is 37.2 Å². The lowest BCUT2D eigenvalue weighted by Crippen LogP contribution is -2.43. The number of nitrogens with one attached hydrogen (secondary N) is 1. The highest BCUT2D eigenvalue weighted by molar-refractivity contribution is 5.92. The second kappa shape index (κ2) is 10.2. The van der Waals surface area contributed by atoms with Crippen molar-refractivity contribution in [3.05, 3.63) is 92.9 Å². The fourth-order valence-electron chi connectivity index (χ4n) is 3.77. The van der Waals surface area contributed by atoms with E-state index in [9.17, 15) is 19.2 Å². The van der Waals surface area contributed by atoms with Gasteiger partial charge >= 0.3 is 11.7 Å². The average Bonchev–Trinajstić information content (AvgIpc) is 3.28. The number of ether oxygens (including phenoxy) is 1. The van der Waals surface area contributed by atoms with Crippen molar-refractivity contribution in [2.45, 2.75) is 33.5 Å². The monoisotopic (exact) mass is 475 g/mol. The Morgan fingerprint density at radius 2 is 1.80 bits per heavy atom. The number of aromatic nitrogens is 4.